The summed E-state index contributed by atoms with van der Waals surface area (Å²) in [5.74, 6) is 0. The van der Waals surface area contributed by atoms with E-state index < -0.39 is 0 Å². The first-order valence-electron chi connectivity index (χ1n) is 6.21. The molecule has 98 valence electrons. The molecule has 1 aromatic heterocycles. The molecule has 0 saturated heterocycles. The van der Waals surface area contributed by atoms with Crippen molar-refractivity contribution < 1.29 is 5.11 Å². The predicted octanol–water partition coefficient (Wildman–Crippen LogP) is 2.70. The third kappa shape index (κ3) is 2.53. The average molecular weight is 267 g/mol. The lowest BCUT2D eigenvalue weighted by molar-refractivity contribution is 0.271. The molecule has 0 radical (unpaired) electrons. The summed E-state index contributed by atoms with van der Waals surface area (Å²) in [6.45, 7) is 3.94. The van der Waals surface area contributed by atoms with E-state index in [1.54, 1.807) is 0 Å². The molecule has 2 N–H and O–H groups in total. The number of aromatic nitrogens is 1. The number of aliphatic hydroxyl groups is 1. The van der Waals surface area contributed by atoms with Gasteiger partial charge in [0.1, 0.15) is 0 Å². The van der Waals surface area contributed by atoms with Crippen molar-refractivity contribution in [2.75, 3.05) is 13.6 Å². The smallest absolute Gasteiger partial charge is 0.0833 e. The van der Waals surface area contributed by atoms with Crippen LogP contribution in [0.3, 0.4) is 0 Å². The Balaban J connectivity index is 2.44. The van der Waals surface area contributed by atoms with E-state index in [9.17, 15) is 5.11 Å². The normalized spacial score (nSPS) is 11.3. The molecule has 4 heteroatoms. The first-order valence-corrected chi connectivity index (χ1v) is 6.59. The van der Waals surface area contributed by atoms with E-state index in [1.807, 2.05) is 26.1 Å². The van der Waals surface area contributed by atoms with Crippen LogP contribution in [0.2, 0.25) is 5.02 Å². The molecule has 2 rings (SSSR count). The van der Waals surface area contributed by atoms with Crippen LogP contribution in [0.4, 0.5) is 0 Å². The molecule has 0 aliphatic carbocycles. The Morgan fingerprint density at radius 1 is 1.33 bits per heavy atom. The lowest BCUT2D eigenvalue weighted by Crippen LogP contribution is -2.12. The van der Waals surface area contributed by atoms with Crippen LogP contribution in [0.5, 0.6) is 0 Å². The largest absolute Gasteiger partial charge is 0.390 e. The minimum Gasteiger partial charge on any atom is -0.390 e. The Morgan fingerprint density at radius 3 is 2.78 bits per heavy atom. The number of nitrogens with one attached hydrogen (secondary N) is 1. The fourth-order valence-electron chi connectivity index (χ4n) is 2.25. The fraction of sp³-hybridized carbons (Fsp3) is 0.429. The number of hydrogen-bond donors (Lipinski definition) is 2. The van der Waals surface area contributed by atoms with Crippen LogP contribution in [0.15, 0.2) is 18.2 Å². The van der Waals surface area contributed by atoms with E-state index in [0.29, 0.717) is 0 Å². The molecule has 0 amide bonds. The molecule has 0 spiro atoms. The molecule has 3 nitrogen and oxygen atoms in total. The van der Waals surface area contributed by atoms with Crippen molar-refractivity contribution in [3.8, 4) is 0 Å². The summed E-state index contributed by atoms with van der Waals surface area (Å²) in [5.41, 5.74) is 3.17. The second kappa shape index (κ2) is 5.74. The quantitative estimate of drug-likeness (QED) is 0.817. The highest BCUT2D eigenvalue weighted by molar-refractivity contribution is 6.32. The molecule has 18 heavy (non-hydrogen) atoms. The van der Waals surface area contributed by atoms with Gasteiger partial charge in [0.25, 0.3) is 0 Å². The van der Waals surface area contributed by atoms with Crippen molar-refractivity contribution in [1.29, 1.82) is 0 Å². The summed E-state index contributed by atoms with van der Waals surface area (Å²) < 4.78 is 2.18. The van der Waals surface area contributed by atoms with E-state index in [-0.39, 0.29) is 6.61 Å². The number of benzene rings is 1. The van der Waals surface area contributed by atoms with Crippen LogP contribution in [-0.4, -0.2) is 23.3 Å². The molecule has 2 aromatic rings. The Labute approximate surface area is 112 Å². The summed E-state index contributed by atoms with van der Waals surface area (Å²) in [6.07, 6.45) is 1.04. The van der Waals surface area contributed by atoms with Crippen molar-refractivity contribution in [2.24, 2.45) is 0 Å². The topological polar surface area (TPSA) is 37.2 Å². The van der Waals surface area contributed by atoms with Crippen molar-refractivity contribution in [2.45, 2.75) is 26.5 Å². The minimum atomic E-state index is 0.0604. The molecule has 1 heterocycles. The molecular weight excluding hydrogens is 248 g/mol. The number of fused-ring (bicyclic) bond motifs is 1. The maximum atomic E-state index is 9.45. The SMILES string of the molecule is CNCCCn1c(CO)cc2cc(Cl)c(C)cc21. The van der Waals surface area contributed by atoms with Crippen LogP contribution in [0, 0.1) is 6.92 Å². The van der Waals surface area contributed by atoms with Gasteiger partial charge in [0.2, 0.25) is 0 Å². The summed E-state index contributed by atoms with van der Waals surface area (Å²) in [6, 6.07) is 6.08. The van der Waals surface area contributed by atoms with Gasteiger partial charge in [0, 0.05) is 28.2 Å². The second-order valence-electron chi connectivity index (χ2n) is 4.56. The molecule has 1 aromatic carbocycles. The van der Waals surface area contributed by atoms with Crippen LogP contribution in [0.25, 0.3) is 10.9 Å². The minimum absolute atomic E-state index is 0.0604. The molecule has 0 saturated carbocycles. The van der Waals surface area contributed by atoms with Crippen molar-refractivity contribution >= 4 is 22.5 Å². The summed E-state index contributed by atoms with van der Waals surface area (Å²) in [5, 5.41) is 14.5. The molecule has 0 atom stereocenters. The summed E-state index contributed by atoms with van der Waals surface area (Å²) >= 11 is 6.14. The van der Waals surface area contributed by atoms with Crippen LogP contribution in [-0.2, 0) is 13.2 Å². The summed E-state index contributed by atoms with van der Waals surface area (Å²) in [4.78, 5) is 0. The maximum absolute atomic E-state index is 9.45. The first kappa shape index (κ1) is 13.4. The fourth-order valence-corrected chi connectivity index (χ4v) is 2.42. The Hall–Kier alpha value is -1.03. The standard InChI is InChI=1S/C14H19ClN2O/c1-10-6-14-11(8-13(10)15)7-12(9-18)17(14)5-3-4-16-2/h6-8,16,18H,3-5,9H2,1-2H3. The van der Waals surface area contributed by atoms with Crippen LogP contribution >= 0.6 is 11.6 Å². The van der Waals surface area contributed by atoms with E-state index in [2.05, 4.69) is 16.0 Å². The third-order valence-corrected chi connectivity index (χ3v) is 3.65. The van der Waals surface area contributed by atoms with Crippen molar-refractivity contribution in [3.63, 3.8) is 0 Å². The van der Waals surface area contributed by atoms with Gasteiger partial charge in [-0.25, -0.2) is 0 Å². The zero-order valence-corrected chi connectivity index (χ0v) is 11.6. The number of halogens is 1. The van der Waals surface area contributed by atoms with Crippen LogP contribution < -0.4 is 5.32 Å². The zero-order chi connectivity index (χ0) is 13.1. The van der Waals surface area contributed by atoms with Gasteiger partial charge in [-0.15, -0.1) is 0 Å². The third-order valence-electron chi connectivity index (χ3n) is 3.24. The van der Waals surface area contributed by atoms with Crippen molar-refractivity contribution in [1.82, 2.24) is 9.88 Å². The second-order valence-corrected chi connectivity index (χ2v) is 4.97. The zero-order valence-electron chi connectivity index (χ0n) is 10.8. The Kier molecular flexibility index (Phi) is 4.27. The molecule has 0 unspecified atom stereocenters. The van der Waals surface area contributed by atoms with Gasteiger partial charge in [-0.2, -0.15) is 0 Å². The molecule has 0 aliphatic rings. The lowest BCUT2D eigenvalue weighted by atomic mass is 10.2. The van der Waals surface area contributed by atoms with Gasteiger partial charge in [0.15, 0.2) is 0 Å². The van der Waals surface area contributed by atoms with E-state index >= 15 is 0 Å². The molecule has 0 aliphatic heterocycles. The van der Waals surface area contributed by atoms with Gasteiger partial charge in [-0.3, -0.25) is 0 Å². The number of aliphatic hydroxyl groups excluding tert-OH is 1. The van der Waals surface area contributed by atoms with E-state index in [1.165, 1.54) is 0 Å². The van der Waals surface area contributed by atoms with Crippen molar-refractivity contribution in [3.05, 3.63) is 34.5 Å². The lowest BCUT2D eigenvalue weighted by Gasteiger charge is -2.10. The number of hydrogen-bond acceptors (Lipinski definition) is 2. The van der Waals surface area contributed by atoms with Gasteiger partial charge in [-0.05, 0) is 50.7 Å². The monoisotopic (exact) mass is 266 g/mol. The average Bonchev–Trinajstić information content (AvgIpc) is 2.68. The number of nitrogens with zero attached hydrogens (tertiary/aromatic N) is 1. The highest BCUT2D eigenvalue weighted by atomic mass is 35.5. The molecule has 0 fully saturated rings. The number of rotatable bonds is 5. The Morgan fingerprint density at radius 2 is 2.11 bits per heavy atom. The maximum Gasteiger partial charge on any atom is 0.0833 e. The Bertz CT molecular complexity index is 548. The first-order chi connectivity index (χ1) is 8.67. The van der Waals surface area contributed by atoms with Gasteiger partial charge < -0.3 is 15.0 Å². The number of aryl methyl sites for hydroxylation is 2. The predicted molar refractivity (Wildman–Crippen MR) is 76.2 cm³/mol. The van der Waals surface area contributed by atoms with E-state index in [4.69, 9.17) is 11.6 Å². The van der Waals surface area contributed by atoms with E-state index in [0.717, 1.165) is 46.7 Å². The van der Waals surface area contributed by atoms with Gasteiger partial charge in [-0.1, -0.05) is 11.6 Å². The van der Waals surface area contributed by atoms with Gasteiger partial charge >= 0.3 is 0 Å². The highest BCUT2D eigenvalue weighted by Crippen LogP contribution is 2.27. The summed E-state index contributed by atoms with van der Waals surface area (Å²) in [7, 11) is 1.95. The van der Waals surface area contributed by atoms with Gasteiger partial charge in [0.05, 0.1) is 6.61 Å². The highest BCUT2D eigenvalue weighted by Gasteiger charge is 2.09. The van der Waals surface area contributed by atoms with Crippen LogP contribution in [0.1, 0.15) is 17.7 Å². The molecule has 0 bridgehead atoms. The molecular formula is C14H19ClN2O.